The van der Waals surface area contributed by atoms with Crippen molar-refractivity contribution in [2.24, 2.45) is 5.92 Å². The van der Waals surface area contributed by atoms with E-state index in [9.17, 15) is 0 Å². The quantitative estimate of drug-likeness (QED) is 0.783. The van der Waals surface area contributed by atoms with Crippen LogP contribution in [0.4, 0.5) is 0 Å². The van der Waals surface area contributed by atoms with Crippen molar-refractivity contribution in [3.63, 3.8) is 0 Å². The molecule has 0 aliphatic heterocycles. The van der Waals surface area contributed by atoms with E-state index in [1.54, 1.807) is 0 Å². The van der Waals surface area contributed by atoms with Crippen molar-refractivity contribution in [1.29, 1.82) is 0 Å². The zero-order chi connectivity index (χ0) is 13.2. The minimum Gasteiger partial charge on any atom is -0.311 e. The van der Waals surface area contributed by atoms with Crippen molar-refractivity contribution in [2.75, 3.05) is 0 Å². The fourth-order valence-corrected chi connectivity index (χ4v) is 3.25. The molecule has 1 unspecified atom stereocenters. The Kier molecular flexibility index (Phi) is 3.74. The van der Waals surface area contributed by atoms with Crippen LogP contribution in [0, 0.1) is 5.92 Å². The van der Waals surface area contributed by atoms with Gasteiger partial charge in [-0.15, -0.1) is 11.6 Å². The van der Waals surface area contributed by atoms with Crippen molar-refractivity contribution >= 4 is 22.8 Å². The van der Waals surface area contributed by atoms with Gasteiger partial charge in [0, 0.05) is 12.7 Å². The molecule has 1 fully saturated rings. The summed E-state index contributed by atoms with van der Waals surface area (Å²) < 4.78 is 2.24. The average Bonchev–Trinajstić information content (AvgIpc) is 2.79. The molecular weight excluding hydrogens is 258 g/mol. The number of alkyl halides is 1. The van der Waals surface area contributed by atoms with Crippen LogP contribution in [0.5, 0.6) is 0 Å². The van der Waals surface area contributed by atoms with Crippen molar-refractivity contribution in [2.45, 2.75) is 50.9 Å². The number of hydrogen-bond acceptors (Lipinski definition) is 2. The van der Waals surface area contributed by atoms with Crippen molar-refractivity contribution in [3.05, 3.63) is 24.2 Å². The Hall–Kier alpha value is -1.09. The number of aromatic nitrogens is 3. The molecule has 1 saturated carbocycles. The molecule has 2 aromatic rings. The summed E-state index contributed by atoms with van der Waals surface area (Å²) in [5, 5.41) is -0.0715. The van der Waals surface area contributed by atoms with Crippen LogP contribution in [0.1, 0.15) is 50.2 Å². The minimum atomic E-state index is -0.0715. The summed E-state index contributed by atoms with van der Waals surface area (Å²) in [4.78, 5) is 9.14. The average molecular weight is 278 g/mol. The molecule has 0 spiro atoms. The van der Waals surface area contributed by atoms with Gasteiger partial charge < -0.3 is 4.57 Å². The van der Waals surface area contributed by atoms with Gasteiger partial charge in [0.25, 0.3) is 0 Å². The summed E-state index contributed by atoms with van der Waals surface area (Å²) in [6.45, 7) is 3.00. The molecule has 1 atom stereocenters. The molecule has 1 aliphatic rings. The molecule has 0 amide bonds. The maximum Gasteiger partial charge on any atom is 0.160 e. The maximum absolute atomic E-state index is 6.29. The van der Waals surface area contributed by atoms with Crippen LogP contribution in [0.3, 0.4) is 0 Å². The number of nitrogens with zero attached hydrogens (tertiary/aromatic N) is 3. The first kappa shape index (κ1) is 12.9. The Labute approximate surface area is 119 Å². The standard InChI is InChI=1S/C15H20ClN3/c1-11(16)14-18-13-8-5-9-17-15(13)19(14)10-12-6-3-2-4-7-12/h5,8-9,11-12H,2-4,6-7,10H2,1H3. The third kappa shape index (κ3) is 2.62. The Bertz CT molecular complexity index is 556. The summed E-state index contributed by atoms with van der Waals surface area (Å²) in [6, 6.07) is 3.95. The van der Waals surface area contributed by atoms with Crippen LogP contribution in [0.2, 0.25) is 0 Å². The van der Waals surface area contributed by atoms with E-state index in [1.165, 1.54) is 32.1 Å². The highest BCUT2D eigenvalue weighted by Gasteiger charge is 2.20. The van der Waals surface area contributed by atoms with Crippen LogP contribution in [0.25, 0.3) is 11.2 Å². The second-order valence-corrected chi connectivity index (χ2v) is 6.20. The Morgan fingerprint density at radius 3 is 2.89 bits per heavy atom. The van der Waals surface area contributed by atoms with Crippen LogP contribution in [-0.2, 0) is 6.54 Å². The predicted octanol–water partition coefficient (Wildman–Crippen LogP) is 4.31. The largest absolute Gasteiger partial charge is 0.311 e. The highest BCUT2D eigenvalue weighted by atomic mass is 35.5. The van der Waals surface area contributed by atoms with E-state index in [-0.39, 0.29) is 5.38 Å². The van der Waals surface area contributed by atoms with E-state index >= 15 is 0 Å². The SMILES string of the molecule is CC(Cl)c1nc2cccnc2n1CC1CCCCC1. The summed E-state index contributed by atoms with van der Waals surface area (Å²) in [5.41, 5.74) is 1.94. The molecule has 3 rings (SSSR count). The fourth-order valence-electron chi connectivity index (χ4n) is 3.09. The van der Waals surface area contributed by atoms with Gasteiger partial charge in [-0.1, -0.05) is 19.3 Å². The zero-order valence-corrected chi connectivity index (χ0v) is 12.1. The fraction of sp³-hybridized carbons (Fsp3) is 0.600. The van der Waals surface area contributed by atoms with Crippen LogP contribution >= 0.6 is 11.6 Å². The normalized spacial score (nSPS) is 18.8. The van der Waals surface area contributed by atoms with Gasteiger partial charge in [0.15, 0.2) is 5.65 Å². The first-order valence-electron chi connectivity index (χ1n) is 7.21. The lowest BCUT2D eigenvalue weighted by atomic mass is 9.89. The number of pyridine rings is 1. The number of imidazole rings is 1. The molecule has 0 radical (unpaired) electrons. The number of halogens is 1. The first-order valence-corrected chi connectivity index (χ1v) is 7.64. The number of fused-ring (bicyclic) bond motifs is 1. The van der Waals surface area contributed by atoms with Gasteiger partial charge in [0.05, 0.1) is 5.38 Å². The van der Waals surface area contributed by atoms with E-state index in [1.807, 2.05) is 25.3 Å². The minimum absolute atomic E-state index is 0.0715. The lowest BCUT2D eigenvalue weighted by molar-refractivity contribution is 0.318. The molecule has 2 heterocycles. The second-order valence-electron chi connectivity index (χ2n) is 5.55. The highest BCUT2D eigenvalue weighted by molar-refractivity contribution is 6.20. The molecule has 2 aromatic heterocycles. The van der Waals surface area contributed by atoms with Crippen LogP contribution < -0.4 is 0 Å². The van der Waals surface area contributed by atoms with Gasteiger partial charge in [0.2, 0.25) is 0 Å². The summed E-state index contributed by atoms with van der Waals surface area (Å²) in [6.07, 6.45) is 8.58. The molecule has 102 valence electrons. The second kappa shape index (κ2) is 5.49. The first-order chi connectivity index (χ1) is 9.25. The molecule has 4 heteroatoms. The maximum atomic E-state index is 6.29. The van der Waals surface area contributed by atoms with Gasteiger partial charge in [-0.25, -0.2) is 9.97 Å². The van der Waals surface area contributed by atoms with Crippen LogP contribution in [0.15, 0.2) is 18.3 Å². The molecule has 19 heavy (non-hydrogen) atoms. The van der Waals surface area contributed by atoms with Crippen molar-refractivity contribution in [3.8, 4) is 0 Å². The lowest BCUT2D eigenvalue weighted by Gasteiger charge is -2.23. The molecule has 3 nitrogen and oxygen atoms in total. The lowest BCUT2D eigenvalue weighted by Crippen LogP contribution is -2.16. The molecule has 0 bridgehead atoms. The van der Waals surface area contributed by atoms with Crippen molar-refractivity contribution in [1.82, 2.24) is 14.5 Å². The predicted molar refractivity (Wildman–Crippen MR) is 78.4 cm³/mol. The van der Waals surface area contributed by atoms with E-state index in [0.29, 0.717) is 0 Å². The third-order valence-electron chi connectivity index (χ3n) is 4.05. The van der Waals surface area contributed by atoms with E-state index in [0.717, 1.165) is 29.5 Å². The smallest absolute Gasteiger partial charge is 0.160 e. The third-order valence-corrected chi connectivity index (χ3v) is 4.25. The van der Waals surface area contributed by atoms with Crippen LogP contribution in [-0.4, -0.2) is 14.5 Å². The summed E-state index contributed by atoms with van der Waals surface area (Å²) in [5.74, 6) is 1.71. The number of rotatable bonds is 3. The van der Waals surface area contributed by atoms with E-state index < -0.39 is 0 Å². The van der Waals surface area contributed by atoms with E-state index in [4.69, 9.17) is 11.6 Å². The molecule has 0 aromatic carbocycles. The Balaban J connectivity index is 1.97. The molecule has 0 saturated heterocycles. The van der Waals surface area contributed by atoms with E-state index in [2.05, 4.69) is 14.5 Å². The summed E-state index contributed by atoms with van der Waals surface area (Å²) in [7, 11) is 0. The van der Waals surface area contributed by atoms with Gasteiger partial charge >= 0.3 is 0 Å². The Morgan fingerprint density at radius 1 is 1.37 bits per heavy atom. The highest BCUT2D eigenvalue weighted by Crippen LogP contribution is 2.29. The van der Waals surface area contributed by atoms with Gasteiger partial charge in [-0.3, -0.25) is 0 Å². The van der Waals surface area contributed by atoms with Crippen molar-refractivity contribution < 1.29 is 0 Å². The van der Waals surface area contributed by atoms with Gasteiger partial charge in [-0.05, 0) is 37.8 Å². The Morgan fingerprint density at radius 2 is 2.16 bits per heavy atom. The topological polar surface area (TPSA) is 30.7 Å². The molecule has 1 aliphatic carbocycles. The number of hydrogen-bond donors (Lipinski definition) is 0. The van der Waals surface area contributed by atoms with Gasteiger partial charge in [-0.2, -0.15) is 0 Å². The zero-order valence-electron chi connectivity index (χ0n) is 11.3. The molecular formula is C15H20ClN3. The molecule has 0 N–H and O–H groups in total. The van der Waals surface area contributed by atoms with Gasteiger partial charge in [0.1, 0.15) is 11.3 Å². The summed E-state index contributed by atoms with van der Waals surface area (Å²) >= 11 is 6.29. The monoisotopic (exact) mass is 277 g/mol.